The highest BCUT2D eigenvalue weighted by Gasteiger charge is 2.06. The highest BCUT2D eigenvalue weighted by Crippen LogP contribution is 2.24. The van der Waals surface area contributed by atoms with Gasteiger partial charge in [-0.1, -0.05) is 6.58 Å². The summed E-state index contributed by atoms with van der Waals surface area (Å²) in [5.41, 5.74) is 1.51. The van der Waals surface area contributed by atoms with E-state index in [1.807, 2.05) is 25.3 Å². The van der Waals surface area contributed by atoms with E-state index in [1.54, 1.807) is 24.8 Å². The molecule has 0 spiro atoms. The predicted octanol–water partition coefficient (Wildman–Crippen LogP) is 3.20. The third-order valence-electron chi connectivity index (χ3n) is 1.93. The molecule has 0 atom stereocenters. The first-order valence-corrected chi connectivity index (χ1v) is 5.79. The Morgan fingerprint density at radius 2 is 2.13 bits per heavy atom. The van der Waals surface area contributed by atoms with Gasteiger partial charge in [0.1, 0.15) is 5.75 Å². The fourth-order valence-corrected chi connectivity index (χ4v) is 1.69. The topological polar surface area (TPSA) is 26.3 Å². The fourth-order valence-electron chi connectivity index (χ4n) is 1.11. The quantitative estimate of drug-likeness (QED) is 0.340. The lowest BCUT2D eigenvalue weighted by atomic mass is 10.2. The third-order valence-corrected chi connectivity index (χ3v) is 2.82. The Morgan fingerprint density at radius 3 is 2.60 bits per heavy atom. The van der Waals surface area contributed by atoms with Crippen LogP contribution in [0.3, 0.4) is 0 Å². The number of ether oxygens (including phenoxy) is 1. The smallest absolute Gasteiger partial charge is 0.338 e. The molecule has 1 aromatic carbocycles. The monoisotopic (exact) mass is 222 g/mol. The first-order chi connectivity index (χ1) is 7.04. The van der Waals surface area contributed by atoms with Gasteiger partial charge in [0.25, 0.3) is 0 Å². The Kier molecular flexibility index (Phi) is 3.97. The van der Waals surface area contributed by atoms with Gasteiger partial charge in [0.2, 0.25) is 0 Å². The summed E-state index contributed by atoms with van der Waals surface area (Å²) in [6, 6.07) is 5.59. The van der Waals surface area contributed by atoms with E-state index >= 15 is 0 Å². The molecule has 0 saturated carbocycles. The van der Waals surface area contributed by atoms with Crippen LogP contribution in [0.4, 0.5) is 0 Å². The molecule has 0 aromatic heterocycles. The zero-order valence-electron chi connectivity index (χ0n) is 9.16. The molecule has 80 valence electrons. The maximum absolute atomic E-state index is 11.3. The molecule has 0 aliphatic carbocycles. The largest absolute Gasteiger partial charge is 0.423 e. The van der Waals surface area contributed by atoms with Crippen molar-refractivity contribution in [3.8, 4) is 5.75 Å². The molecule has 0 aliphatic rings. The van der Waals surface area contributed by atoms with Crippen LogP contribution in [0.2, 0.25) is 0 Å². The molecular weight excluding hydrogens is 208 g/mol. The first-order valence-electron chi connectivity index (χ1n) is 4.57. The van der Waals surface area contributed by atoms with Gasteiger partial charge in [-0.15, -0.1) is 11.8 Å². The molecule has 2 nitrogen and oxygen atoms in total. The van der Waals surface area contributed by atoms with Crippen molar-refractivity contribution in [3.05, 3.63) is 35.9 Å². The summed E-state index contributed by atoms with van der Waals surface area (Å²) < 4.78 is 5.11. The van der Waals surface area contributed by atoms with Crippen LogP contribution >= 0.6 is 11.8 Å². The van der Waals surface area contributed by atoms with Gasteiger partial charge in [-0.25, -0.2) is 4.79 Å². The Labute approximate surface area is 94.3 Å². The van der Waals surface area contributed by atoms with Crippen molar-refractivity contribution in [2.45, 2.75) is 18.7 Å². The van der Waals surface area contributed by atoms with Gasteiger partial charge in [0.15, 0.2) is 0 Å². The molecule has 0 fully saturated rings. The molecule has 0 heterocycles. The van der Waals surface area contributed by atoms with Gasteiger partial charge in [0, 0.05) is 10.5 Å². The Balaban J connectivity index is 2.84. The van der Waals surface area contributed by atoms with E-state index in [2.05, 4.69) is 6.58 Å². The summed E-state index contributed by atoms with van der Waals surface area (Å²) in [6.07, 6.45) is 2.02. The van der Waals surface area contributed by atoms with E-state index in [0.29, 0.717) is 11.3 Å². The second kappa shape index (κ2) is 5.03. The summed E-state index contributed by atoms with van der Waals surface area (Å²) in [4.78, 5) is 12.4. The zero-order valence-corrected chi connectivity index (χ0v) is 9.98. The minimum absolute atomic E-state index is 0.383. The van der Waals surface area contributed by atoms with Crippen LogP contribution in [-0.4, -0.2) is 12.2 Å². The molecule has 0 saturated heterocycles. The van der Waals surface area contributed by atoms with Gasteiger partial charge in [-0.3, -0.25) is 0 Å². The molecule has 0 unspecified atom stereocenters. The summed E-state index contributed by atoms with van der Waals surface area (Å²) in [5, 5.41) is 0. The van der Waals surface area contributed by atoms with Crippen molar-refractivity contribution in [2.75, 3.05) is 6.26 Å². The predicted molar refractivity (Wildman–Crippen MR) is 63.4 cm³/mol. The van der Waals surface area contributed by atoms with Crippen LogP contribution in [0.25, 0.3) is 0 Å². The number of aryl methyl sites for hydroxylation is 1. The number of carbonyl (C=O) groups excluding carboxylic acids is 1. The number of hydrogen-bond acceptors (Lipinski definition) is 3. The Hall–Kier alpha value is -1.22. The van der Waals surface area contributed by atoms with Gasteiger partial charge >= 0.3 is 5.97 Å². The lowest BCUT2D eigenvalue weighted by Crippen LogP contribution is -2.08. The van der Waals surface area contributed by atoms with E-state index in [-0.39, 0.29) is 5.97 Å². The van der Waals surface area contributed by atoms with Gasteiger partial charge < -0.3 is 4.74 Å². The highest BCUT2D eigenvalue weighted by atomic mass is 32.2. The minimum Gasteiger partial charge on any atom is -0.423 e. The average Bonchev–Trinajstić information content (AvgIpc) is 2.18. The maximum Gasteiger partial charge on any atom is 0.338 e. The number of hydrogen-bond donors (Lipinski definition) is 0. The zero-order chi connectivity index (χ0) is 11.4. The Bertz CT molecular complexity index is 397. The van der Waals surface area contributed by atoms with E-state index in [4.69, 9.17) is 4.74 Å². The molecule has 1 aromatic rings. The lowest BCUT2D eigenvalue weighted by molar-refractivity contribution is -0.130. The van der Waals surface area contributed by atoms with Gasteiger partial charge in [-0.05, 0) is 43.9 Å². The number of esters is 1. The molecule has 0 bridgehead atoms. The normalized spacial score (nSPS) is 9.80. The molecule has 15 heavy (non-hydrogen) atoms. The van der Waals surface area contributed by atoms with Gasteiger partial charge in [0.05, 0.1) is 0 Å². The van der Waals surface area contributed by atoms with Crippen LogP contribution in [0.5, 0.6) is 5.75 Å². The van der Waals surface area contributed by atoms with Crippen LogP contribution in [0.15, 0.2) is 35.2 Å². The van der Waals surface area contributed by atoms with Gasteiger partial charge in [-0.2, -0.15) is 0 Å². The molecule has 0 amide bonds. The van der Waals surface area contributed by atoms with E-state index in [0.717, 1.165) is 5.56 Å². The van der Waals surface area contributed by atoms with E-state index in [9.17, 15) is 4.79 Å². The molecule has 0 aliphatic heterocycles. The minimum atomic E-state index is -0.383. The third kappa shape index (κ3) is 3.13. The van der Waals surface area contributed by atoms with Crippen LogP contribution in [0, 0.1) is 6.92 Å². The summed E-state index contributed by atoms with van der Waals surface area (Å²) in [6.45, 7) is 7.15. The van der Waals surface area contributed by atoms with E-state index < -0.39 is 0 Å². The summed E-state index contributed by atoms with van der Waals surface area (Å²) in [7, 11) is 0. The van der Waals surface area contributed by atoms with Crippen LogP contribution in [-0.2, 0) is 4.79 Å². The SMILES string of the molecule is C=C(C)C(=O)Oc1ccc(SC)c(C)c1. The average molecular weight is 222 g/mol. The first kappa shape index (κ1) is 11.9. The van der Waals surface area contributed by atoms with Crippen molar-refractivity contribution < 1.29 is 9.53 Å². The van der Waals surface area contributed by atoms with Crippen molar-refractivity contribution in [2.24, 2.45) is 0 Å². The standard InChI is InChI=1S/C12H14O2S/c1-8(2)12(13)14-10-5-6-11(15-4)9(3)7-10/h5-7H,1H2,2-4H3. The van der Waals surface area contributed by atoms with E-state index in [1.165, 1.54) is 4.90 Å². The number of carbonyl (C=O) groups is 1. The second-order valence-electron chi connectivity index (χ2n) is 3.30. The molecule has 3 heteroatoms. The Morgan fingerprint density at radius 1 is 1.47 bits per heavy atom. The second-order valence-corrected chi connectivity index (χ2v) is 4.15. The maximum atomic E-state index is 11.3. The highest BCUT2D eigenvalue weighted by molar-refractivity contribution is 7.98. The number of rotatable bonds is 3. The number of benzene rings is 1. The number of thioether (sulfide) groups is 1. The molecule has 1 rings (SSSR count). The molecule has 0 radical (unpaired) electrons. The van der Waals surface area contributed by atoms with Crippen molar-refractivity contribution >= 4 is 17.7 Å². The van der Waals surface area contributed by atoms with Crippen LogP contribution in [0.1, 0.15) is 12.5 Å². The van der Waals surface area contributed by atoms with Crippen molar-refractivity contribution in [3.63, 3.8) is 0 Å². The van der Waals surface area contributed by atoms with Crippen molar-refractivity contribution in [1.82, 2.24) is 0 Å². The van der Waals surface area contributed by atoms with Crippen LogP contribution < -0.4 is 4.74 Å². The molecular formula is C12H14O2S. The lowest BCUT2D eigenvalue weighted by Gasteiger charge is -2.07. The molecule has 0 N–H and O–H groups in total. The van der Waals surface area contributed by atoms with Crippen molar-refractivity contribution in [1.29, 1.82) is 0 Å². The fraction of sp³-hybridized carbons (Fsp3) is 0.250. The summed E-state index contributed by atoms with van der Waals surface area (Å²) >= 11 is 1.67. The summed E-state index contributed by atoms with van der Waals surface area (Å²) in [5.74, 6) is 0.185.